The molecular formula is C27H22ClFN2O5. The van der Waals surface area contributed by atoms with Crippen LogP contribution >= 0.6 is 11.6 Å². The highest BCUT2D eigenvalue weighted by Gasteiger charge is 2.36. The second-order valence-electron chi connectivity index (χ2n) is 7.93. The molecule has 3 aromatic carbocycles. The summed E-state index contributed by atoms with van der Waals surface area (Å²) in [6.07, 6.45) is 2.13. The fraction of sp³-hybridized carbons (Fsp3) is 0.148. The third-order valence-corrected chi connectivity index (χ3v) is 5.84. The minimum absolute atomic E-state index is 0.117. The fourth-order valence-corrected chi connectivity index (χ4v) is 3.91. The van der Waals surface area contributed by atoms with Crippen LogP contribution in [0.25, 0.3) is 6.08 Å². The van der Waals surface area contributed by atoms with Crippen molar-refractivity contribution in [2.45, 2.75) is 20.0 Å². The molecule has 0 bridgehead atoms. The molecule has 36 heavy (non-hydrogen) atoms. The summed E-state index contributed by atoms with van der Waals surface area (Å²) in [7, 11) is 1.42. The molecule has 1 N–H and O–H groups in total. The van der Waals surface area contributed by atoms with Gasteiger partial charge in [0.05, 0.1) is 17.8 Å². The molecule has 1 aliphatic rings. The highest BCUT2D eigenvalue weighted by Crippen LogP contribution is 2.38. The molecule has 0 aromatic heterocycles. The van der Waals surface area contributed by atoms with E-state index >= 15 is 0 Å². The number of hydrogen-bond donors (Lipinski definition) is 1. The number of hydrogen-bond acceptors (Lipinski definition) is 5. The third-order valence-electron chi connectivity index (χ3n) is 5.56. The SMILES string of the molecule is CCc1ccc(N2C(=O)NC(=O)/C(=C/c3cc(Cl)c(OCc4ccc(F)cc4)c(OC)c3)C2=O)cc1. The molecule has 9 heteroatoms. The van der Waals surface area contributed by atoms with E-state index in [-0.39, 0.29) is 34.5 Å². The van der Waals surface area contributed by atoms with E-state index in [9.17, 15) is 18.8 Å². The van der Waals surface area contributed by atoms with Gasteiger partial charge in [0.2, 0.25) is 0 Å². The van der Waals surface area contributed by atoms with Gasteiger partial charge >= 0.3 is 6.03 Å². The number of aryl methyl sites for hydroxylation is 1. The number of nitrogens with one attached hydrogen (secondary N) is 1. The standard InChI is InChI=1S/C27H22ClFN2O5/c1-3-16-6-10-20(11-7-16)31-26(33)21(25(32)30-27(31)34)12-18-13-22(28)24(23(14-18)35-2)36-15-17-4-8-19(29)9-5-17/h4-14H,3,15H2,1-2H3,(H,30,32,34)/b21-12-. The van der Waals surface area contributed by atoms with Crippen LogP contribution in [0.4, 0.5) is 14.9 Å². The maximum absolute atomic E-state index is 13.2. The predicted octanol–water partition coefficient (Wildman–Crippen LogP) is 5.30. The van der Waals surface area contributed by atoms with Gasteiger partial charge in [-0.1, -0.05) is 42.8 Å². The Morgan fingerprint density at radius 3 is 2.31 bits per heavy atom. The predicted molar refractivity (Wildman–Crippen MR) is 134 cm³/mol. The molecule has 0 atom stereocenters. The number of halogens is 2. The molecule has 1 fully saturated rings. The summed E-state index contributed by atoms with van der Waals surface area (Å²) in [6, 6.07) is 15.0. The number of anilines is 1. The molecule has 1 saturated heterocycles. The first-order valence-electron chi connectivity index (χ1n) is 11.1. The lowest BCUT2D eigenvalue weighted by atomic mass is 10.1. The summed E-state index contributed by atoms with van der Waals surface area (Å²) < 4.78 is 24.3. The number of barbiturate groups is 1. The van der Waals surface area contributed by atoms with Gasteiger partial charge in [-0.05, 0) is 65.6 Å². The van der Waals surface area contributed by atoms with E-state index < -0.39 is 17.8 Å². The summed E-state index contributed by atoms with van der Waals surface area (Å²) >= 11 is 6.43. The van der Waals surface area contributed by atoms with Crippen molar-refractivity contribution in [3.05, 3.63) is 93.8 Å². The number of carbonyl (C=O) groups is 3. The van der Waals surface area contributed by atoms with E-state index in [1.165, 1.54) is 31.4 Å². The van der Waals surface area contributed by atoms with Crippen LogP contribution in [0, 0.1) is 5.82 Å². The van der Waals surface area contributed by atoms with Crippen molar-refractivity contribution in [2.75, 3.05) is 12.0 Å². The summed E-state index contributed by atoms with van der Waals surface area (Å²) in [6.45, 7) is 2.11. The van der Waals surface area contributed by atoms with Crippen molar-refractivity contribution >= 4 is 41.2 Å². The second kappa shape index (κ2) is 10.6. The number of methoxy groups -OCH3 is 1. The maximum atomic E-state index is 13.2. The normalized spacial score (nSPS) is 14.7. The van der Waals surface area contributed by atoms with Gasteiger partial charge in [-0.25, -0.2) is 14.1 Å². The minimum atomic E-state index is -0.827. The monoisotopic (exact) mass is 508 g/mol. The van der Waals surface area contributed by atoms with Gasteiger partial charge in [-0.15, -0.1) is 0 Å². The molecule has 0 radical (unpaired) electrons. The zero-order valence-electron chi connectivity index (χ0n) is 19.5. The molecule has 184 valence electrons. The molecular weight excluding hydrogens is 487 g/mol. The Labute approximate surface area is 212 Å². The number of benzene rings is 3. The number of ether oxygens (including phenoxy) is 2. The minimum Gasteiger partial charge on any atom is -0.493 e. The smallest absolute Gasteiger partial charge is 0.335 e. The summed E-state index contributed by atoms with van der Waals surface area (Å²) in [4.78, 5) is 39.0. The van der Waals surface area contributed by atoms with Gasteiger partial charge in [-0.3, -0.25) is 14.9 Å². The Bertz CT molecular complexity index is 1350. The number of nitrogens with zero attached hydrogens (tertiary/aromatic N) is 1. The van der Waals surface area contributed by atoms with Gasteiger partial charge < -0.3 is 9.47 Å². The van der Waals surface area contributed by atoms with Crippen LogP contribution in [0.15, 0.2) is 66.2 Å². The largest absolute Gasteiger partial charge is 0.493 e. The van der Waals surface area contributed by atoms with Crippen molar-refractivity contribution in [1.29, 1.82) is 0 Å². The topological polar surface area (TPSA) is 84.9 Å². The van der Waals surface area contributed by atoms with Crippen LogP contribution in [0.5, 0.6) is 11.5 Å². The molecule has 7 nitrogen and oxygen atoms in total. The number of imide groups is 2. The Morgan fingerprint density at radius 1 is 1.00 bits per heavy atom. The van der Waals surface area contributed by atoms with Crippen molar-refractivity contribution < 1.29 is 28.2 Å². The number of urea groups is 1. The molecule has 0 saturated carbocycles. The van der Waals surface area contributed by atoms with Crippen molar-refractivity contribution in [3.63, 3.8) is 0 Å². The number of rotatable bonds is 7. The third kappa shape index (κ3) is 5.23. The van der Waals surface area contributed by atoms with Gasteiger partial charge in [0.15, 0.2) is 11.5 Å². The Morgan fingerprint density at radius 2 is 1.67 bits per heavy atom. The lowest BCUT2D eigenvalue weighted by Crippen LogP contribution is -2.54. The van der Waals surface area contributed by atoms with Crippen LogP contribution in [0.3, 0.4) is 0 Å². The van der Waals surface area contributed by atoms with Crippen molar-refractivity contribution in [2.24, 2.45) is 0 Å². The quantitative estimate of drug-likeness (QED) is 0.346. The average molecular weight is 509 g/mol. The van der Waals surface area contributed by atoms with E-state index in [0.29, 0.717) is 11.3 Å². The molecule has 4 rings (SSSR count). The van der Waals surface area contributed by atoms with Crippen LogP contribution in [-0.2, 0) is 22.6 Å². The molecule has 0 spiro atoms. The Kier molecular flexibility index (Phi) is 7.36. The van der Waals surface area contributed by atoms with Crippen molar-refractivity contribution in [1.82, 2.24) is 5.32 Å². The molecule has 1 aliphatic heterocycles. The van der Waals surface area contributed by atoms with Gasteiger partial charge in [0, 0.05) is 0 Å². The lowest BCUT2D eigenvalue weighted by molar-refractivity contribution is -0.122. The van der Waals surface area contributed by atoms with Crippen LogP contribution in [0.1, 0.15) is 23.6 Å². The van der Waals surface area contributed by atoms with Crippen LogP contribution in [0.2, 0.25) is 5.02 Å². The first-order chi connectivity index (χ1) is 17.3. The maximum Gasteiger partial charge on any atom is 0.335 e. The highest BCUT2D eigenvalue weighted by molar-refractivity contribution is 6.39. The van der Waals surface area contributed by atoms with E-state index in [1.54, 1.807) is 30.3 Å². The number of carbonyl (C=O) groups excluding carboxylic acids is 3. The van der Waals surface area contributed by atoms with E-state index in [0.717, 1.165) is 22.4 Å². The first kappa shape index (κ1) is 24.9. The highest BCUT2D eigenvalue weighted by atomic mass is 35.5. The molecule has 1 heterocycles. The summed E-state index contributed by atoms with van der Waals surface area (Å²) in [5.41, 5.74) is 2.25. The zero-order chi connectivity index (χ0) is 25.8. The first-order valence-corrected chi connectivity index (χ1v) is 11.4. The van der Waals surface area contributed by atoms with E-state index in [1.807, 2.05) is 19.1 Å². The Hall–Kier alpha value is -4.17. The van der Waals surface area contributed by atoms with Gasteiger partial charge in [0.25, 0.3) is 11.8 Å². The average Bonchev–Trinajstić information content (AvgIpc) is 2.87. The van der Waals surface area contributed by atoms with Gasteiger partial charge in [0.1, 0.15) is 18.0 Å². The lowest BCUT2D eigenvalue weighted by Gasteiger charge is -2.26. The van der Waals surface area contributed by atoms with E-state index in [4.69, 9.17) is 21.1 Å². The fourth-order valence-electron chi connectivity index (χ4n) is 3.64. The molecule has 0 aliphatic carbocycles. The van der Waals surface area contributed by atoms with Crippen LogP contribution < -0.4 is 19.7 Å². The second-order valence-corrected chi connectivity index (χ2v) is 8.33. The van der Waals surface area contributed by atoms with Crippen LogP contribution in [-0.4, -0.2) is 25.0 Å². The summed E-state index contributed by atoms with van der Waals surface area (Å²) in [5.74, 6) is -1.43. The summed E-state index contributed by atoms with van der Waals surface area (Å²) in [5, 5.41) is 2.37. The number of amides is 4. The van der Waals surface area contributed by atoms with E-state index in [2.05, 4.69) is 5.32 Å². The molecule has 4 amide bonds. The van der Waals surface area contributed by atoms with Crippen molar-refractivity contribution in [3.8, 4) is 11.5 Å². The zero-order valence-corrected chi connectivity index (χ0v) is 20.3. The molecule has 3 aromatic rings. The Balaban J connectivity index is 1.62. The molecule has 0 unspecified atom stereocenters. The van der Waals surface area contributed by atoms with Gasteiger partial charge in [-0.2, -0.15) is 0 Å².